The molecule has 0 aromatic carbocycles. The number of aromatic nitrogens is 2. The van der Waals surface area contributed by atoms with Gasteiger partial charge in [0.15, 0.2) is 5.82 Å². The average molecular weight is 338 g/mol. The topological polar surface area (TPSA) is 97.6 Å². The third kappa shape index (κ3) is 5.92. The maximum Gasteiger partial charge on any atom is 0.226 e. The highest BCUT2D eigenvalue weighted by atomic mass is 16.5. The van der Waals surface area contributed by atoms with E-state index in [1.54, 1.807) is 4.90 Å². The van der Waals surface area contributed by atoms with Crippen molar-refractivity contribution in [3.05, 3.63) is 11.7 Å². The van der Waals surface area contributed by atoms with E-state index in [0.717, 1.165) is 18.7 Å². The molecule has 1 unspecified atom stereocenters. The summed E-state index contributed by atoms with van der Waals surface area (Å²) in [5, 5.41) is 6.63. The van der Waals surface area contributed by atoms with Crippen LogP contribution >= 0.6 is 0 Å². The summed E-state index contributed by atoms with van der Waals surface area (Å²) in [6.07, 6.45) is 3.39. The molecule has 1 aromatic heterocycles. The van der Waals surface area contributed by atoms with Gasteiger partial charge in [-0.2, -0.15) is 4.98 Å². The van der Waals surface area contributed by atoms with Gasteiger partial charge in [-0.1, -0.05) is 12.1 Å². The number of hydrogen-bond donors (Lipinski definition) is 1. The van der Waals surface area contributed by atoms with E-state index in [9.17, 15) is 9.59 Å². The molecule has 2 amide bonds. The molecule has 1 atom stereocenters. The third-order valence-corrected chi connectivity index (χ3v) is 3.84. The highest BCUT2D eigenvalue weighted by Gasteiger charge is 2.24. The summed E-state index contributed by atoms with van der Waals surface area (Å²) in [6.45, 7) is 5.57. The maximum absolute atomic E-state index is 12.3. The van der Waals surface area contributed by atoms with E-state index in [0.29, 0.717) is 51.4 Å². The fraction of sp³-hybridized carbons (Fsp3) is 0.750. The van der Waals surface area contributed by atoms with Crippen LogP contribution in [0.1, 0.15) is 44.8 Å². The molecule has 1 fully saturated rings. The monoisotopic (exact) mass is 338 g/mol. The van der Waals surface area contributed by atoms with Gasteiger partial charge in [0.25, 0.3) is 0 Å². The Hall–Kier alpha value is -1.96. The first-order valence-electron chi connectivity index (χ1n) is 8.53. The van der Waals surface area contributed by atoms with Crippen molar-refractivity contribution in [1.82, 2.24) is 20.4 Å². The lowest BCUT2D eigenvalue weighted by Crippen LogP contribution is -2.49. The van der Waals surface area contributed by atoms with E-state index in [4.69, 9.17) is 9.26 Å². The van der Waals surface area contributed by atoms with Gasteiger partial charge in [0.1, 0.15) is 0 Å². The molecule has 24 heavy (non-hydrogen) atoms. The Morgan fingerprint density at radius 2 is 2.21 bits per heavy atom. The van der Waals surface area contributed by atoms with E-state index in [-0.39, 0.29) is 17.9 Å². The van der Waals surface area contributed by atoms with Crippen LogP contribution in [-0.4, -0.2) is 59.2 Å². The Labute approximate surface area is 141 Å². The summed E-state index contributed by atoms with van der Waals surface area (Å²) in [7, 11) is 0. The normalized spacial score (nSPS) is 17.8. The standard InChI is InChI=1S/C16H26N4O4/c1-3-5-14-18-15(24-19-14)6-4-7-16(22)20-8-9-23-13(11-20)10-17-12(2)21/h13H,3-11H2,1-2H3,(H,17,21). The molecule has 0 spiro atoms. The van der Waals surface area contributed by atoms with Crippen molar-refractivity contribution in [2.75, 3.05) is 26.2 Å². The van der Waals surface area contributed by atoms with E-state index >= 15 is 0 Å². The van der Waals surface area contributed by atoms with E-state index in [1.165, 1.54) is 6.92 Å². The van der Waals surface area contributed by atoms with Gasteiger partial charge in [0.2, 0.25) is 17.7 Å². The summed E-state index contributed by atoms with van der Waals surface area (Å²) in [5.41, 5.74) is 0. The second kappa shape index (κ2) is 9.36. The SMILES string of the molecule is CCCc1noc(CCCC(=O)N2CCOC(CNC(C)=O)C2)n1. The zero-order valence-electron chi connectivity index (χ0n) is 14.4. The summed E-state index contributed by atoms with van der Waals surface area (Å²) in [6, 6.07) is 0. The molecule has 1 N–H and O–H groups in total. The molecular formula is C16H26N4O4. The lowest BCUT2D eigenvalue weighted by atomic mass is 10.2. The van der Waals surface area contributed by atoms with E-state index in [2.05, 4.69) is 22.4 Å². The van der Waals surface area contributed by atoms with Gasteiger partial charge in [-0.3, -0.25) is 9.59 Å². The first-order valence-corrected chi connectivity index (χ1v) is 8.53. The Bertz CT molecular complexity index is 546. The Morgan fingerprint density at radius 1 is 1.38 bits per heavy atom. The summed E-state index contributed by atoms with van der Waals surface area (Å²) in [4.78, 5) is 29.3. The van der Waals surface area contributed by atoms with Gasteiger partial charge in [-0.15, -0.1) is 0 Å². The van der Waals surface area contributed by atoms with Gasteiger partial charge in [-0.25, -0.2) is 0 Å². The third-order valence-electron chi connectivity index (χ3n) is 3.84. The van der Waals surface area contributed by atoms with E-state index < -0.39 is 0 Å². The number of carbonyl (C=O) groups is 2. The summed E-state index contributed by atoms with van der Waals surface area (Å²) in [5.74, 6) is 1.33. The van der Waals surface area contributed by atoms with Crippen LogP contribution in [-0.2, 0) is 27.2 Å². The molecule has 1 aromatic rings. The molecule has 1 saturated heterocycles. The highest BCUT2D eigenvalue weighted by molar-refractivity contribution is 5.76. The quantitative estimate of drug-likeness (QED) is 0.750. The van der Waals surface area contributed by atoms with E-state index in [1.807, 2.05) is 0 Å². The maximum atomic E-state index is 12.3. The number of carbonyl (C=O) groups excluding carboxylic acids is 2. The molecule has 8 heteroatoms. The zero-order chi connectivity index (χ0) is 17.4. The number of ether oxygens (including phenoxy) is 1. The van der Waals surface area contributed by atoms with Crippen LogP contribution in [0.15, 0.2) is 4.52 Å². The van der Waals surface area contributed by atoms with Gasteiger partial charge in [0.05, 0.1) is 12.7 Å². The van der Waals surface area contributed by atoms with Crippen molar-refractivity contribution < 1.29 is 18.8 Å². The van der Waals surface area contributed by atoms with Crippen LogP contribution in [0, 0.1) is 0 Å². The number of rotatable bonds is 8. The van der Waals surface area contributed by atoms with Crippen molar-refractivity contribution >= 4 is 11.8 Å². The Kier molecular flexibility index (Phi) is 7.17. The van der Waals surface area contributed by atoms with Crippen LogP contribution in [0.25, 0.3) is 0 Å². The minimum Gasteiger partial charge on any atom is -0.373 e. The molecule has 1 aliphatic heterocycles. The van der Waals surface area contributed by atoms with Crippen LogP contribution < -0.4 is 5.32 Å². The number of morpholine rings is 1. The molecule has 2 heterocycles. The minimum atomic E-state index is -0.140. The predicted octanol–water partition coefficient (Wildman–Crippen LogP) is 0.708. The number of amides is 2. The van der Waals surface area contributed by atoms with Crippen molar-refractivity contribution in [2.45, 2.75) is 52.1 Å². The number of hydrogen-bond acceptors (Lipinski definition) is 6. The summed E-state index contributed by atoms with van der Waals surface area (Å²) >= 11 is 0. The molecule has 0 aliphatic carbocycles. The molecule has 134 valence electrons. The van der Waals surface area contributed by atoms with Crippen molar-refractivity contribution in [3.63, 3.8) is 0 Å². The molecule has 0 radical (unpaired) electrons. The van der Waals surface area contributed by atoms with Crippen molar-refractivity contribution in [1.29, 1.82) is 0 Å². The number of nitrogens with zero attached hydrogens (tertiary/aromatic N) is 3. The van der Waals surface area contributed by atoms with Gasteiger partial charge < -0.3 is 19.5 Å². The van der Waals surface area contributed by atoms with Gasteiger partial charge >= 0.3 is 0 Å². The second-order valence-electron chi connectivity index (χ2n) is 5.98. The van der Waals surface area contributed by atoms with Crippen LogP contribution in [0.4, 0.5) is 0 Å². The highest BCUT2D eigenvalue weighted by Crippen LogP contribution is 2.10. The van der Waals surface area contributed by atoms with Gasteiger partial charge in [-0.05, 0) is 12.8 Å². The molecule has 2 rings (SSSR count). The Balaban J connectivity index is 1.70. The van der Waals surface area contributed by atoms with Crippen molar-refractivity contribution in [2.24, 2.45) is 0 Å². The van der Waals surface area contributed by atoms with Gasteiger partial charge in [0, 0.05) is 45.8 Å². The molecular weight excluding hydrogens is 312 g/mol. The fourth-order valence-corrected chi connectivity index (χ4v) is 2.59. The predicted molar refractivity (Wildman–Crippen MR) is 86.2 cm³/mol. The lowest BCUT2D eigenvalue weighted by molar-refractivity contribution is -0.138. The molecule has 0 saturated carbocycles. The average Bonchev–Trinajstić information content (AvgIpc) is 3.01. The molecule has 1 aliphatic rings. The van der Waals surface area contributed by atoms with Crippen LogP contribution in [0.2, 0.25) is 0 Å². The summed E-state index contributed by atoms with van der Waals surface area (Å²) < 4.78 is 10.7. The first kappa shape index (κ1) is 18.4. The first-order chi connectivity index (χ1) is 11.6. The van der Waals surface area contributed by atoms with Crippen molar-refractivity contribution in [3.8, 4) is 0 Å². The smallest absolute Gasteiger partial charge is 0.226 e. The fourth-order valence-electron chi connectivity index (χ4n) is 2.59. The number of nitrogens with one attached hydrogen (secondary N) is 1. The molecule has 0 bridgehead atoms. The molecule has 8 nitrogen and oxygen atoms in total. The zero-order valence-corrected chi connectivity index (χ0v) is 14.4. The Morgan fingerprint density at radius 3 is 2.96 bits per heavy atom. The second-order valence-corrected chi connectivity index (χ2v) is 5.98. The van der Waals surface area contributed by atoms with Crippen LogP contribution in [0.3, 0.4) is 0 Å². The minimum absolute atomic E-state index is 0.0935. The van der Waals surface area contributed by atoms with Crippen LogP contribution in [0.5, 0.6) is 0 Å². The largest absolute Gasteiger partial charge is 0.373 e. The lowest BCUT2D eigenvalue weighted by Gasteiger charge is -2.33. The number of aryl methyl sites for hydroxylation is 2.